The first kappa shape index (κ1) is 13.5. The fourth-order valence-electron chi connectivity index (χ4n) is 1.71. The number of rotatable bonds is 3. The zero-order valence-electron chi connectivity index (χ0n) is 10.1. The van der Waals surface area contributed by atoms with Gasteiger partial charge in [-0.2, -0.15) is 0 Å². The summed E-state index contributed by atoms with van der Waals surface area (Å²) in [6.07, 6.45) is 0.719. The van der Waals surface area contributed by atoms with E-state index in [4.69, 9.17) is 17.3 Å². The van der Waals surface area contributed by atoms with Crippen LogP contribution in [0.1, 0.15) is 26.3 Å². The smallest absolute Gasteiger partial charge is 0.142 e. The summed E-state index contributed by atoms with van der Waals surface area (Å²) in [7, 11) is 0. The summed E-state index contributed by atoms with van der Waals surface area (Å²) in [6, 6.07) is 4.92. The Morgan fingerprint density at radius 3 is 2.50 bits per heavy atom. The third-order valence-corrected chi connectivity index (χ3v) is 3.43. The highest BCUT2D eigenvalue weighted by Crippen LogP contribution is 2.31. The van der Waals surface area contributed by atoms with E-state index in [9.17, 15) is 4.39 Å². The van der Waals surface area contributed by atoms with Gasteiger partial charge in [0.05, 0.1) is 5.02 Å². The van der Waals surface area contributed by atoms with Crippen LogP contribution < -0.4 is 5.73 Å². The van der Waals surface area contributed by atoms with Gasteiger partial charge in [-0.1, -0.05) is 44.5 Å². The van der Waals surface area contributed by atoms with E-state index < -0.39 is 0 Å². The summed E-state index contributed by atoms with van der Waals surface area (Å²) in [4.78, 5) is 0. The fraction of sp³-hybridized carbons (Fsp3) is 0.538. The van der Waals surface area contributed by atoms with Crippen LogP contribution in [0.15, 0.2) is 18.2 Å². The summed E-state index contributed by atoms with van der Waals surface area (Å²) in [5.41, 5.74) is 6.70. The predicted octanol–water partition coefficient (Wildman–Crippen LogP) is 3.64. The van der Waals surface area contributed by atoms with Crippen molar-refractivity contribution in [2.75, 3.05) is 6.54 Å². The lowest BCUT2D eigenvalue weighted by Crippen LogP contribution is -2.30. The van der Waals surface area contributed by atoms with Crippen LogP contribution in [0.25, 0.3) is 0 Å². The normalized spacial score (nSPS) is 13.9. The minimum atomic E-state index is -0.358. The first-order chi connectivity index (χ1) is 7.36. The Labute approximate surface area is 102 Å². The second-order valence-corrected chi connectivity index (χ2v) is 5.59. The number of halogens is 2. The third-order valence-electron chi connectivity index (χ3n) is 3.01. The van der Waals surface area contributed by atoms with E-state index >= 15 is 0 Å². The Kier molecular flexibility index (Phi) is 4.34. The van der Waals surface area contributed by atoms with Crippen LogP contribution in [0.2, 0.25) is 5.02 Å². The molecular weight excluding hydrogens is 225 g/mol. The van der Waals surface area contributed by atoms with Gasteiger partial charge in [0.15, 0.2) is 0 Å². The monoisotopic (exact) mass is 243 g/mol. The van der Waals surface area contributed by atoms with Crippen LogP contribution in [-0.2, 0) is 6.42 Å². The molecule has 0 heterocycles. The molecule has 0 saturated heterocycles. The van der Waals surface area contributed by atoms with Crippen LogP contribution in [-0.4, -0.2) is 6.54 Å². The highest BCUT2D eigenvalue weighted by atomic mass is 35.5. The van der Waals surface area contributed by atoms with Crippen LogP contribution >= 0.6 is 11.6 Å². The molecule has 3 heteroatoms. The molecule has 0 radical (unpaired) electrons. The quantitative estimate of drug-likeness (QED) is 0.862. The van der Waals surface area contributed by atoms with Crippen molar-refractivity contribution in [1.29, 1.82) is 0 Å². The number of nitrogens with two attached hydrogens (primary N) is 1. The molecule has 1 rings (SSSR count). The van der Waals surface area contributed by atoms with Gasteiger partial charge in [0, 0.05) is 0 Å². The van der Waals surface area contributed by atoms with Gasteiger partial charge in [-0.15, -0.1) is 0 Å². The molecule has 1 nitrogen and oxygen atoms in total. The van der Waals surface area contributed by atoms with Crippen LogP contribution in [0.3, 0.4) is 0 Å². The van der Waals surface area contributed by atoms with Crippen molar-refractivity contribution < 1.29 is 4.39 Å². The molecular formula is C13H19ClFN. The van der Waals surface area contributed by atoms with Crippen LogP contribution in [0, 0.1) is 17.2 Å². The molecule has 0 aliphatic rings. The summed E-state index contributed by atoms with van der Waals surface area (Å²) in [5, 5.41) is 0.227. The molecule has 1 unspecified atom stereocenters. The summed E-state index contributed by atoms with van der Waals surface area (Å²) in [5.74, 6) is -0.0596. The van der Waals surface area contributed by atoms with Crippen molar-refractivity contribution >= 4 is 11.6 Å². The maximum Gasteiger partial charge on any atom is 0.142 e. The first-order valence-corrected chi connectivity index (χ1v) is 5.87. The molecule has 0 spiro atoms. The number of benzene rings is 1. The summed E-state index contributed by atoms with van der Waals surface area (Å²) < 4.78 is 13.3. The van der Waals surface area contributed by atoms with E-state index in [2.05, 4.69) is 20.8 Å². The lowest BCUT2D eigenvalue weighted by atomic mass is 9.77. The molecule has 0 saturated carbocycles. The van der Waals surface area contributed by atoms with E-state index in [-0.39, 0.29) is 16.3 Å². The maximum atomic E-state index is 13.3. The molecule has 1 aromatic rings. The van der Waals surface area contributed by atoms with Gasteiger partial charge in [0.25, 0.3) is 0 Å². The largest absolute Gasteiger partial charge is 0.330 e. The van der Waals surface area contributed by atoms with Gasteiger partial charge in [-0.25, -0.2) is 4.39 Å². The van der Waals surface area contributed by atoms with Gasteiger partial charge in [-0.3, -0.25) is 0 Å². The van der Waals surface area contributed by atoms with Crippen molar-refractivity contribution in [3.63, 3.8) is 0 Å². The highest BCUT2D eigenvalue weighted by molar-refractivity contribution is 6.31. The predicted molar refractivity (Wildman–Crippen MR) is 67.1 cm³/mol. The van der Waals surface area contributed by atoms with E-state index in [1.54, 1.807) is 6.07 Å². The van der Waals surface area contributed by atoms with E-state index in [0.29, 0.717) is 12.5 Å². The Bertz CT molecular complexity index is 357. The third kappa shape index (κ3) is 3.19. The van der Waals surface area contributed by atoms with Gasteiger partial charge in [0.2, 0.25) is 0 Å². The Hall–Kier alpha value is -0.600. The molecule has 0 amide bonds. The van der Waals surface area contributed by atoms with Gasteiger partial charge in [-0.05, 0) is 35.9 Å². The number of hydrogen-bond acceptors (Lipinski definition) is 1. The highest BCUT2D eigenvalue weighted by Gasteiger charge is 2.24. The molecule has 16 heavy (non-hydrogen) atoms. The SMILES string of the molecule is CC(C)(C)C(CN)Cc1cccc(F)c1Cl. The second kappa shape index (κ2) is 5.15. The Balaban J connectivity index is 2.91. The lowest BCUT2D eigenvalue weighted by molar-refractivity contribution is 0.245. The molecule has 1 atom stereocenters. The van der Waals surface area contributed by atoms with Gasteiger partial charge in [0.1, 0.15) is 5.82 Å². The van der Waals surface area contributed by atoms with Crippen LogP contribution in [0.4, 0.5) is 4.39 Å². The minimum Gasteiger partial charge on any atom is -0.330 e. The van der Waals surface area contributed by atoms with Crippen molar-refractivity contribution in [1.82, 2.24) is 0 Å². The average molecular weight is 244 g/mol. The molecule has 0 aliphatic carbocycles. The van der Waals surface area contributed by atoms with Crippen molar-refractivity contribution in [2.45, 2.75) is 27.2 Å². The van der Waals surface area contributed by atoms with Gasteiger partial charge >= 0.3 is 0 Å². The molecule has 0 bridgehead atoms. The second-order valence-electron chi connectivity index (χ2n) is 5.22. The van der Waals surface area contributed by atoms with E-state index in [1.807, 2.05) is 6.07 Å². The molecule has 90 valence electrons. The summed E-state index contributed by atoms with van der Waals surface area (Å²) >= 11 is 5.93. The maximum absolute atomic E-state index is 13.3. The average Bonchev–Trinajstić information content (AvgIpc) is 2.18. The number of hydrogen-bond donors (Lipinski definition) is 1. The summed E-state index contributed by atoms with van der Waals surface area (Å²) in [6.45, 7) is 6.99. The zero-order valence-corrected chi connectivity index (χ0v) is 10.8. The van der Waals surface area contributed by atoms with Gasteiger partial charge < -0.3 is 5.73 Å². The zero-order chi connectivity index (χ0) is 12.3. The lowest BCUT2D eigenvalue weighted by Gasteiger charge is -2.30. The first-order valence-electron chi connectivity index (χ1n) is 5.49. The molecule has 0 fully saturated rings. The Morgan fingerprint density at radius 2 is 2.00 bits per heavy atom. The van der Waals surface area contributed by atoms with Crippen molar-refractivity contribution in [3.8, 4) is 0 Å². The topological polar surface area (TPSA) is 26.0 Å². The standard InChI is InChI=1S/C13H19ClFN/c1-13(2,3)10(8-16)7-9-5-4-6-11(15)12(9)14/h4-6,10H,7-8,16H2,1-3H3. The molecule has 0 aromatic heterocycles. The Morgan fingerprint density at radius 1 is 1.38 bits per heavy atom. The molecule has 1 aromatic carbocycles. The van der Waals surface area contributed by atoms with E-state index in [1.165, 1.54) is 6.07 Å². The minimum absolute atomic E-state index is 0.102. The van der Waals surface area contributed by atoms with Crippen molar-refractivity contribution in [3.05, 3.63) is 34.6 Å². The van der Waals surface area contributed by atoms with Crippen LogP contribution in [0.5, 0.6) is 0 Å². The molecule has 2 N–H and O–H groups in total. The molecule has 0 aliphatic heterocycles. The van der Waals surface area contributed by atoms with E-state index in [0.717, 1.165) is 12.0 Å². The van der Waals surface area contributed by atoms with Crippen molar-refractivity contribution in [2.24, 2.45) is 17.1 Å². The fourth-order valence-corrected chi connectivity index (χ4v) is 1.92.